The van der Waals surface area contributed by atoms with Gasteiger partial charge in [0.15, 0.2) is 30.9 Å². The van der Waals surface area contributed by atoms with E-state index >= 15 is 0 Å². The van der Waals surface area contributed by atoms with Crippen molar-refractivity contribution in [3.63, 3.8) is 0 Å². The normalized spacial score (nSPS) is 11.4. The second kappa shape index (κ2) is 12.8. The van der Waals surface area contributed by atoms with Crippen molar-refractivity contribution in [1.29, 1.82) is 0 Å². The fourth-order valence-corrected chi connectivity index (χ4v) is 5.18. The third-order valence-corrected chi connectivity index (χ3v) is 5.92. The molecule has 0 aromatic heterocycles. The first-order valence-electron chi connectivity index (χ1n) is 8.47. The lowest BCUT2D eigenvalue weighted by molar-refractivity contribution is -0.110. The van der Waals surface area contributed by atoms with E-state index < -0.39 is 0 Å². The van der Waals surface area contributed by atoms with Crippen molar-refractivity contribution in [1.82, 2.24) is 0 Å². The quantitative estimate of drug-likeness (QED) is 0.202. The molecule has 30 heavy (non-hydrogen) atoms. The maximum atomic E-state index is 12.2. The minimum atomic E-state index is -0.145. The Morgan fingerprint density at radius 2 is 1.07 bits per heavy atom. The van der Waals surface area contributed by atoms with E-state index in [9.17, 15) is 4.79 Å². The predicted octanol–water partition coefficient (Wildman–Crippen LogP) is 7.00. The molecule has 0 saturated heterocycles. The van der Waals surface area contributed by atoms with Crippen LogP contribution in [0.25, 0.3) is 12.2 Å². The average Bonchev–Trinajstić information content (AvgIpc) is 2.69. The second-order valence-electron chi connectivity index (χ2n) is 5.80. The van der Waals surface area contributed by atoms with E-state index in [-0.39, 0.29) is 19.4 Å². The zero-order valence-corrected chi connectivity index (χ0v) is 22.4. The van der Waals surface area contributed by atoms with Crippen LogP contribution in [0.4, 0.5) is 0 Å². The van der Waals surface area contributed by atoms with E-state index in [4.69, 9.17) is 18.9 Å². The average molecular weight is 670 g/mol. The maximum Gasteiger partial charge on any atom is 0.188 e. The van der Waals surface area contributed by atoms with Crippen LogP contribution in [0.5, 0.6) is 11.5 Å². The molecule has 0 aliphatic heterocycles. The zero-order chi connectivity index (χ0) is 22.1. The van der Waals surface area contributed by atoms with Gasteiger partial charge in [0.25, 0.3) is 0 Å². The molecule has 0 unspecified atom stereocenters. The molecule has 5 nitrogen and oxygen atoms in total. The summed E-state index contributed by atoms with van der Waals surface area (Å²) in [6, 6.07) is 7.43. The van der Waals surface area contributed by atoms with Crippen LogP contribution in [-0.4, -0.2) is 33.6 Å². The third-order valence-electron chi connectivity index (χ3n) is 3.56. The summed E-state index contributed by atoms with van der Waals surface area (Å²) >= 11 is 13.8. The van der Waals surface area contributed by atoms with E-state index in [0.29, 0.717) is 11.5 Å². The summed E-state index contributed by atoms with van der Waals surface area (Å²) in [7, 11) is 3.11. The van der Waals surface area contributed by atoms with E-state index in [1.165, 1.54) is 12.2 Å². The molecule has 0 aliphatic rings. The molecular formula is C21H18Br4O5. The van der Waals surface area contributed by atoms with E-state index in [2.05, 4.69) is 63.7 Å². The fourth-order valence-electron chi connectivity index (χ4n) is 2.28. The van der Waals surface area contributed by atoms with Gasteiger partial charge in [0, 0.05) is 14.2 Å². The Morgan fingerprint density at radius 3 is 1.37 bits per heavy atom. The highest BCUT2D eigenvalue weighted by Crippen LogP contribution is 2.36. The smallest absolute Gasteiger partial charge is 0.188 e. The number of rotatable bonds is 10. The van der Waals surface area contributed by atoms with Crippen molar-refractivity contribution < 1.29 is 23.7 Å². The SMILES string of the molecule is COCOc1c(Br)cc(/C=C/C(=O)/C=C/c2cc(Br)c(OCOC)c(Br)c2)cc1Br. The Balaban J connectivity index is 2.08. The van der Waals surface area contributed by atoms with Gasteiger partial charge in [0.1, 0.15) is 0 Å². The number of halogens is 4. The van der Waals surface area contributed by atoms with Gasteiger partial charge in [0.05, 0.1) is 17.9 Å². The Hall–Kier alpha value is -0.970. The fraction of sp³-hybridized carbons (Fsp3) is 0.190. The van der Waals surface area contributed by atoms with Gasteiger partial charge in [-0.2, -0.15) is 0 Å². The molecule has 2 aromatic rings. The van der Waals surface area contributed by atoms with Crippen LogP contribution in [0.1, 0.15) is 11.1 Å². The number of carbonyl (C=O) groups excluding carboxylic acids is 1. The summed E-state index contributed by atoms with van der Waals surface area (Å²) in [4.78, 5) is 12.2. The lowest BCUT2D eigenvalue weighted by Crippen LogP contribution is -2.00. The molecule has 2 aromatic carbocycles. The number of carbonyl (C=O) groups is 1. The molecule has 0 spiro atoms. The molecule has 0 radical (unpaired) electrons. The number of methoxy groups -OCH3 is 2. The van der Waals surface area contributed by atoms with Crippen molar-refractivity contribution in [3.8, 4) is 11.5 Å². The predicted molar refractivity (Wildman–Crippen MR) is 132 cm³/mol. The van der Waals surface area contributed by atoms with Crippen molar-refractivity contribution in [2.75, 3.05) is 27.8 Å². The van der Waals surface area contributed by atoms with Gasteiger partial charge in [-0.25, -0.2) is 0 Å². The van der Waals surface area contributed by atoms with Gasteiger partial charge in [-0.15, -0.1) is 0 Å². The largest absolute Gasteiger partial charge is 0.465 e. The van der Waals surface area contributed by atoms with Crippen molar-refractivity contribution in [2.45, 2.75) is 0 Å². The van der Waals surface area contributed by atoms with Crippen LogP contribution in [-0.2, 0) is 14.3 Å². The second-order valence-corrected chi connectivity index (χ2v) is 9.22. The lowest BCUT2D eigenvalue weighted by atomic mass is 10.1. The standard InChI is InChI=1S/C21H18Br4O5/c1-27-11-29-20-16(22)7-13(8-17(20)23)3-5-15(26)6-4-14-9-18(24)21(19(25)10-14)30-12-28-2/h3-10H,11-12H2,1-2H3/b5-3+,6-4+. The Kier molecular flexibility index (Phi) is 10.8. The molecule has 0 atom stereocenters. The first kappa shape index (κ1) is 25.3. The number of hydrogen-bond acceptors (Lipinski definition) is 5. The van der Waals surface area contributed by atoms with Gasteiger partial charge in [-0.3, -0.25) is 4.79 Å². The molecule has 0 heterocycles. The number of benzene rings is 2. The van der Waals surface area contributed by atoms with Crippen LogP contribution < -0.4 is 9.47 Å². The Morgan fingerprint density at radius 1 is 0.733 bits per heavy atom. The summed E-state index contributed by atoms with van der Waals surface area (Å²) in [6.07, 6.45) is 6.47. The summed E-state index contributed by atoms with van der Waals surface area (Å²) in [6.45, 7) is 0.281. The van der Waals surface area contributed by atoms with Gasteiger partial charge < -0.3 is 18.9 Å². The number of ketones is 1. The summed E-state index contributed by atoms with van der Waals surface area (Å²) in [5.41, 5.74) is 1.68. The summed E-state index contributed by atoms with van der Waals surface area (Å²) in [5.74, 6) is 1.12. The van der Waals surface area contributed by atoms with Crippen LogP contribution in [0.3, 0.4) is 0 Å². The molecule has 0 saturated carbocycles. The van der Waals surface area contributed by atoms with E-state index in [1.54, 1.807) is 26.4 Å². The van der Waals surface area contributed by atoms with Crippen LogP contribution in [0.2, 0.25) is 0 Å². The molecule has 0 fully saturated rings. The third kappa shape index (κ3) is 7.62. The highest BCUT2D eigenvalue weighted by molar-refractivity contribution is 9.11. The highest BCUT2D eigenvalue weighted by Gasteiger charge is 2.09. The zero-order valence-electron chi connectivity index (χ0n) is 16.1. The van der Waals surface area contributed by atoms with Crippen LogP contribution in [0.15, 0.2) is 54.3 Å². The number of hydrogen-bond donors (Lipinski definition) is 0. The van der Waals surface area contributed by atoms with E-state index in [0.717, 1.165) is 29.0 Å². The van der Waals surface area contributed by atoms with E-state index in [1.807, 2.05) is 24.3 Å². The first-order valence-corrected chi connectivity index (χ1v) is 11.6. The molecule has 9 heteroatoms. The maximum absolute atomic E-state index is 12.2. The number of ether oxygens (including phenoxy) is 4. The van der Waals surface area contributed by atoms with Crippen molar-refractivity contribution >= 4 is 81.7 Å². The Labute approximate surface area is 208 Å². The van der Waals surface area contributed by atoms with Gasteiger partial charge in [0.2, 0.25) is 0 Å². The summed E-state index contributed by atoms with van der Waals surface area (Å²) < 4.78 is 23.8. The summed E-state index contributed by atoms with van der Waals surface area (Å²) in [5, 5.41) is 0. The molecule has 0 N–H and O–H groups in total. The minimum Gasteiger partial charge on any atom is -0.465 e. The molecule has 0 aliphatic carbocycles. The Bertz CT molecular complexity index is 835. The topological polar surface area (TPSA) is 54.0 Å². The van der Waals surface area contributed by atoms with Gasteiger partial charge in [-0.05, 0) is 111 Å². The molecule has 160 valence electrons. The molecular weight excluding hydrogens is 652 g/mol. The van der Waals surface area contributed by atoms with Crippen LogP contribution in [0, 0.1) is 0 Å². The lowest BCUT2D eigenvalue weighted by Gasteiger charge is -2.10. The van der Waals surface area contributed by atoms with Gasteiger partial charge in [-0.1, -0.05) is 12.2 Å². The monoisotopic (exact) mass is 666 g/mol. The minimum absolute atomic E-state index is 0.140. The molecule has 0 bridgehead atoms. The molecule has 2 rings (SSSR count). The highest BCUT2D eigenvalue weighted by atomic mass is 79.9. The van der Waals surface area contributed by atoms with Crippen LogP contribution >= 0.6 is 63.7 Å². The molecule has 0 amide bonds. The van der Waals surface area contributed by atoms with Crippen molar-refractivity contribution in [3.05, 3.63) is 65.4 Å². The first-order chi connectivity index (χ1) is 14.3. The van der Waals surface area contributed by atoms with Crippen molar-refractivity contribution in [2.24, 2.45) is 0 Å². The number of allylic oxidation sites excluding steroid dienone is 2. The van der Waals surface area contributed by atoms with Gasteiger partial charge >= 0.3 is 0 Å².